The van der Waals surface area contributed by atoms with Crippen LogP contribution in [0.25, 0.3) is 22.2 Å². The van der Waals surface area contributed by atoms with Crippen LogP contribution in [-0.4, -0.2) is 35.4 Å². The number of aromatic nitrogens is 1. The van der Waals surface area contributed by atoms with Gasteiger partial charge in [-0.15, -0.1) is 0 Å². The molecule has 27 heavy (non-hydrogen) atoms. The molecule has 136 valence electrons. The summed E-state index contributed by atoms with van der Waals surface area (Å²) in [6.07, 6.45) is 2.65. The van der Waals surface area contributed by atoms with E-state index in [2.05, 4.69) is 29.2 Å². The van der Waals surface area contributed by atoms with Crippen LogP contribution in [0.3, 0.4) is 0 Å². The molecule has 1 atom stereocenters. The second-order valence-electron chi connectivity index (χ2n) is 7.84. The van der Waals surface area contributed by atoms with E-state index in [4.69, 9.17) is 10.7 Å². The molecule has 2 aromatic carbocycles. The topological polar surface area (TPSA) is 59.2 Å². The number of nitrogens with two attached hydrogens (primary N) is 1. The summed E-state index contributed by atoms with van der Waals surface area (Å²) in [5, 5.41) is 0.934. The van der Waals surface area contributed by atoms with Gasteiger partial charge in [-0.05, 0) is 73.7 Å². The van der Waals surface area contributed by atoms with Crippen molar-refractivity contribution in [2.24, 2.45) is 11.7 Å². The van der Waals surface area contributed by atoms with Crippen molar-refractivity contribution in [1.29, 1.82) is 0 Å². The molecule has 0 aliphatic carbocycles. The number of fused-ring (bicyclic) bond motifs is 4. The van der Waals surface area contributed by atoms with E-state index in [0.717, 1.165) is 28.1 Å². The second kappa shape index (κ2) is 6.46. The highest BCUT2D eigenvalue weighted by Gasteiger charge is 2.34. The minimum absolute atomic E-state index is 0.411. The van der Waals surface area contributed by atoms with Crippen molar-refractivity contribution in [2.75, 3.05) is 19.6 Å². The fourth-order valence-corrected chi connectivity index (χ4v) is 4.71. The zero-order valence-corrected chi connectivity index (χ0v) is 15.3. The summed E-state index contributed by atoms with van der Waals surface area (Å²) in [5.41, 5.74) is 10.3. The van der Waals surface area contributed by atoms with Gasteiger partial charge in [-0.25, -0.2) is 4.98 Å². The molecule has 2 N–H and O–H groups in total. The van der Waals surface area contributed by atoms with Crippen molar-refractivity contribution in [1.82, 2.24) is 9.88 Å². The van der Waals surface area contributed by atoms with E-state index in [9.17, 15) is 4.79 Å². The third kappa shape index (κ3) is 3.00. The van der Waals surface area contributed by atoms with Crippen molar-refractivity contribution in [3.05, 3.63) is 65.7 Å². The Kier molecular flexibility index (Phi) is 3.94. The monoisotopic (exact) mass is 357 g/mol. The average molecular weight is 357 g/mol. The summed E-state index contributed by atoms with van der Waals surface area (Å²) >= 11 is 0. The first-order chi connectivity index (χ1) is 13.2. The number of amides is 1. The smallest absolute Gasteiger partial charge is 0.248 e. The lowest BCUT2D eigenvalue weighted by Gasteiger charge is -2.45. The number of carbonyl (C=O) groups excluding carboxylic acids is 1. The largest absolute Gasteiger partial charge is 0.366 e. The van der Waals surface area contributed by atoms with Gasteiger partial charge in [-0.3, -0.25) is 4.79 Å². The molecule has 3 fully saturated rings. The zero-order valence-electron chi connectivity index (χ0n) is 15.3. The molecule has 3 aliphatic rings. The van der Waals surface area contributed by atoms with E-state index in [1.54, 1.807) is 12.1 Å². The molecule has 3 aliphatic heterocycles. The van der Waals surface area contributed by atoms with Crippen LogP contribution < -0.4 is 5.73 Å². The molecule has 0 spiro atoms. The van der Waals surface area contributed by atoms with Crippen LogP contribution >= 0.6 is 0 Å². The molecule has 0 saturated carbocycles. The molecule has 3 saturated heterocycles. The minimum atomic E-state index is -0.411. The van der Waals surface area contributed by atoms with Crippen molar-refractivity contribution in [3.63, 3.8) is 0 Å². The first-order valence-electron chi connectivity index (χ1n) is 9.71. The molecule has 2 bridgehead atoms. The van der Waals surface area contributed by atoms with Crippen LogP contribution in [0.2, 0.25) is 0 Å². The number of benzene rings is 2. The predicted molar refractivity (Wildman–Crippen MR) is 108 cm³/mol. The number of primary amides is 1. The summed E-state index contributed by atoms with van der Waals surface area (Å²) in [4.78, 5) is 18.8. The number of hydrogen-bond donors (Lipinski definition) is 1. The maximum absolute atomic E-state index is 11.4. The quantitative estimate of drug-likeness (QED) is 0.775. The Morgan fingerprint density at radius 3 is 2.63 bits per heavy atom. The van der Waals surface area contributed by atoms with Gasteiger partial charge in [0.15, 0.2) is 0 Å². The maximum Gasteiger partial charge on any atom is 0.248 e. The molecule has 4 nitrogen and oxygen atoms in total. The molecular weight excluding hydrogens is 334 g/mol. The van der Waals surface area contributed by atoms with Crippen LogP contribution in [0.4, 0.5) is 0 Å². The highest BCUT2D eigenvalue weighted by Crippen LogP contribution is 2.39. The Hall–Kier alpha value is -2.72. The summed E-state index contributed by atoms with van der Waals surface area (Å²) in [6, 6.07) is 18.4. The van der Waals surface area contributed by atoms with E-state index in [-0.39, 0.29) is 0 Å². The third-order valence-electron chi connectivity index (χ3n) is 6.24. The number of nitrogens with zero attached hydrogens (tertiary/aromatic N) is 2. The summed E-state index contributed by atoms with van der Waals surface area (Å²) in [7, 11) is 0. The van der Waals surface area contributed by atoms with Crippen molar-refractivity contribution >= 4 is 16.8 Å². The Morgan fingerprint density at radius 1 is 1.04 bits per heavy atom. The molecule has 4 heteroatoms. The number of pyridine rings is 1. The van der Waals surface area contributed by atoms with Crippen molar-refractivity contribution in [3.8, 4) is 11.3 Å². The molecule has 4 heterocycles. The van der Waals surface area contributed by atoms with Crippen LogP contribution in [0.15, 0.2) is 54.6 Å². The fourth-order valence-electron chi connectivity index (χ4n) is 4.71. The van der Waals surface area contributed by atoms with Gasteiger partial charge in [0.1, 0.15) is 0 Å². The molecule has 3 aromatic rings. The van der Waals surface area contributed by atoms with Gasteiger partial charge < -0.3 is 10.6 Å². The summed E-state index contributed by atoms with van der Waals surface area (Å²) in [5.74, 6) is 1.05. The van der Waals surface area contributed by atoms with Crippen molar-refractivity contribution in [2.45, 2.75) is 18.8 Å². The van der Waals surface area contributed by atoms with Crippen LogP contribution in [0, 0.1) is 5.92 Å². The number of rotatable bonds is 3. The predicted octanol–water partition coefficient (Wildman–Crippen LogP) is 3.81. The molecule has 1 amide bonds. The lowest BCUT2D eigenvalue weighted by Crippen LogP contribution is -2.46. The molecule has 6 rings (SSSR count). The van der Waals surface area contributed by atoms with Gasteiger partial charge in [0, 0.05) is 23.1 Å². The highest BCUT2D eigenvalue weighted by atomic mass is 16.1. The fraction of sp³-hybridized carbons (Fsp3) is 0.304. The zero-order chi connectivity index (χ0) is 18.4. The Bertz CT molecular complexity index is 1020. The first-order valence-corrected chi connectivity index (χ1v) is 9.71. The first kappa shape index (κ1) is 16.5. The Morgan fingerprint density at radius 2 is 1.89 bits per heavy atom. The summed E-state index contributed by atoms with van der Waals surface area (Å²) in [6.45, 7) is 3.72. The Labute approximate surface area is 159 Å². The van der Waals surface area contributed by atoms with E-state index in [1.165, 1.54) is 38.0 Å². The standard InChI is InChI=1S/C23H23N3O/c24-23(27)19-5-7-22-18(13-19)4-6-21(25-22)17-3-1-2-16(12-17)20-14-26-10-8-15(20)9-11-26/h1-7,12-13,15,20H,8-11,14H2,(H2,24,27). The Balaban J connectivity index is 1.49. The van der Waals surface area contributed by atoms with E-state index in [1.807, 2.05) is 18.2 Å². The molecule has 1 aromatic heterocycles. The molecular formula is C23H23N3O. The van der Waals surface area contributed by atoms with Gasteiger partial charge in [-0.2, -0.15) is 0 Å². The van der Waals surface area contributed by atoms with Gasteiger partial charge in [0.25, 0.3) is 0 Å². The molecule has 1 unspecified atom stereocenters. The van der Waals surface area contributed by atoms with Gasteiger partial charge in [0.05, 0.1) is 11.2 Å². The van der Waals surface area contributed by atoms with Gasteiger partial charge >= 0.3 is 0 Å². The van der Waals surface area contributed by atoms with Gasteiger partial charge in [-0.1, -0.05) is 24.3 Å². The van der Waals surface area contributed by atoms with E-state index in [0.29, 0.717) is 11.5 Å². The minimum Gasteiger partial charge on any atom is -0.366 e. The second-order valence-corrected chi connectivity index (χ2v) is 7.84. The van der Waals surface area contributed by atoms with E-state index >= 15 is 0 Å². The summed E-state index contributed by atoms with van der Waals surface area (Å²) < 4.78 is 0. The SMILES string of the molecule is NC(=O)c1ccc2nc(-c3cccc(C4CN5CCC4CC5)c3)ccc2c1. The van der Waals surface area contributed by atoms with Crippen LogP contribution in [0.5, 0.6) is 0 Å². The number of carbonyl (C=O) groups is 1. The van der Waals surface area contributed by atoms with Gasteiger partial charge in [0.2, 0.25) is 5.91 Å². The normalized spacial score (nSPS) is 24.2. The maximum atomic E-state index is 11.4. The number of piperidine rings is 3. The van der Waals surface area contributed by atoms with E-state index < -0.39 is 5.91 Å². The van der Waals surface area contributed by atoms with Crippen molar-refractivity contribution < 1.29 is 4.79 Å². The van der Waals surface area contributed by atoms with Crippen LogP contribution in [0.1, 0.15) is 34.7 Å². The lowest BCUT2D eigenvalue weighted by molar-refractivity contribution is 0.0871. The molecule has 0 radical (unpaired) electrons. The highest BCUT2D eigenvalue weighted by molar-refractivity contribution is 5.97. The average Bonchev–Trinajstić information content (AvgIpc) is 2.74. The van der Waals surface area contributed by atoms with Crippen LogP contribution in [-0.2, 0) is 0 Å². The third-order valence-corrected chi connectivity index (χ3v) is 6.24. The lowest BCUT2D eigenvalue weighted by atomic mass is 9.75. The number of hydrogen-bond acceptors (Lipinski definition) is 3.